The molecule has 2 fully saturated rings. The molecule has 0 bridgehead atoms. The summed E-state index contributed by atoms with van der Waals surface area (Å²) in [7, 11) is 0. The molecule has 2 heterocycles. The summed E-state index contributed by atoms with van der Waals surface area (Å²) in [5.41, 5.74) is 0. The molecule has 3 N–H and O–H groups in total. The topological polar surface area (TPSA) is 73.5 Å². The minimum Gasteiger partial charge on any atom is -0.335 e. The van der Waals surface area contributed by atoms with Crippen LogP contribution < -0.4 is 16.0 Å². The van der Waals surface area contributed by atoms with Crippen LogP contribution in [0.3, 0.4) is 0 Å². The van der Waals surface area contributed by atoms with Gasteiger partial charge in [0.2, 0.25) is 6.41 Å². The van der Waals surface area contributed by atoms with Crippen molar-refractivity contribution in [2.75, 3.05) is 32.7 Å². The highest BCUT2D eigenvalue weighted by molar-refractivity contribution is 5.84. The molecule has 2 aliphatic heterocycles. The van der Waals surface area contributed by atoms with Crippen molar-refractivity contribution in [3.8, 4) is 0 Å². The number of nitrogens with one attached hydrogen (secondary N) is 3. The summed E-state index contributed by atoms with van der Waals surface area (Å²) in [6.07, 6.45) is 4.60. The predicted molar refractivity (Wildman–Crippen MR) is 72.8 cm³/mol. The first-order chi connectivity index (χ1) is 9.29. The standard InChI is InChI=1S/C13H24N4O2/c18-10-17(9-11-1-5-14-6-2-11)13(19)16-12-3-7-15-8-4-12/h10-12,14-15H,1-9H2,(H,16,19). The Hall–Kier alpha value is -1.14. The summed E-state index contributed by atoms with van der Waals surface area (Å²) in [6.45, 7) is 4.36. The summed E-state index contributed by atoms with van der Waals surface area (Å²) < 4.78 is 0. The van der Waals surface area contributed by atoms with Crippen molar-refractivity contribution in [1.82, 2.24) is 20.9 Å². The number of carbonyl (C=O) groups excluding carboxylic acids is 2. The van der Waals surface area contributed by atoms with E-state index in [1.54, 1.807) is 0 Å². The highest BCUT2D eigenvalue weighted by Crippen LogP contribution is 2.13. The van der Waals surface area contributed by atoms with Crippen LogP contribution >= 0.6 is 0 Å². The molecule has 0 radical (unpaired) electrons. The zero-order chi connectivity index (χ0) is 13.5. The second-order valence-electron chi connectivity index (χ2n) is 5.42. The van der Waals surface area contributed by atoms with Crippen LogP contribution in [-0.4, -0.2) is 56.1 Å². The highest BCUT2D eigenvalue weighted by Gasteiger charge is 2.23. The van der Waals surface area contributed by atoms with Crippen molar-refractivity contribution >= 4 is 12.4 Å². The number of nitrogens with zero attached hydrogens (tertiary/aromatic N) is 1. The van der Waals surface area contributed by atoms with Crippen LogP contribution in [0.4, 0.5) is 4.79 Å². The third kappa shape index (κ3) is 4.47. The molecule has 3 amide bonds. The second kappa shape index (κ2) is 7.45. The zero-order valence-electron chi connectivity index (χ0n) is 11.4. The van der Waals surface area contributed by atoms with Crippen molar-refractivity contribution < 1.29 is 9.59 Å². The maximum Gasteiger partial charge on any atom is 0.324 e. The second-order valence-corrected chi connectivity index (χ2v) is 5.42. The Balaban J connectivity index is 1.78. The van der Waals surface area contributed by atoms with Crippen LogP contribution in [0.2, 0.25) is 0 Å². The SMILES string of the molecule is O=CN(CC1CCNCC1)C(=O)NC1CCNCC1. The lowest BCUT2D eigenvalue weighted by Crippen LogP contribution is -2.49. The Morgan fingerprint density at radius 1 is 1.11 bits per heavy atom. The van der Waals surface area contributed by atoms with E-state index in [4.69, 9.17) is 0 Å². The van der Waals surface area contributed by atoms with E-state index in [2.05, 4.69) is 16.0 Å². The van der Waals surface area contributed by atoms with E-state index in [1.807, 2.05) is 0 Å². The molecule has 0 spiro atoms. The average molecular weight is 268 g/mol. The van der Waals surface area contributed by atoms with Crippen molar-refractivity contribution in [2.45, 2.75) is 31.7 Å². The van der Waals surface area contributed by atoms with Gasteiger partial charge >= 0.3 is 6.03 Å². The molecule has 0 aromatic heterocycles. The van der Waals surface area contributed by atoms with Gasteiger partial charge in [0.05, 0.1) is 0 Å². The molecule has 6 nitrogen and oxygen atoms in total. The van der Waals surface area contributed by atoms with E-state index in [0.29, 0.717) is 18.9 Å². The number of carbonyl (C=O) groups is 2. The van der Waals surface area contributed by atoms with Crippen LogP contribution in [0.5, 0.6) is 0 Å². The van der Waals surface area contributed by atoms with E-state index in [1.165, 1.54) is 4.90 Å². The van der Waals surface area contributed by atoms with Crippen LogP contribution in [0.1, 0.15) is 25.7 Å². The summed E-state index contributed by atoms with van der Waals surface area (Å²) >= 11 is 0. The van der Waals surface area contributed by atoms with Crippen molar-refractivity contribution in [2.24, 2.45) is 5.92 Å². The van der Waals surface area contributed by atoms with Crippen molar-refractivity contribution in [1.29, 1.82) is 0 Å². The number of amides is 3. The molecular weight excluding hydrogens is 244 g/mol. The molecule has 0 saturated carbocycles. The molecule has 6 heteroatoms. The molecule has 108 valence electrons. The van der Waals surface area contributed by atoms with Crippen molar-refractivity contribution in [3.63, 3.8) is 0 Å². The Morgan fingerprint density at radius 3 is 2.26 bits per heavy atom. The summed E-state index contributed by atoms with van der Waals surface area (Å²) in [5.74, 6) is 0.435. The maximum absolute atomic E-state index is 12.1. The number of rotatable bonds is 4. The third-order valence-corrected chi connectivity index (χ3v) is 3.97. The first-order valence-corrected chi connectivity index (χ1v) is 7.23. The maximum atomic E-state index is 12.1. The zero-order valence-corrected chi connectivity index (χ0v) is 11.4. The van der Waals surface area contributed by atoms with Gasteiger partial charge in [0, 0.05) is 12.6 Å². The molecule has 0 aliphatic carbocycles. The molecule has 2 rings (SSSR count). The Bertz CT molecular complexity index is 299. The van der Waals surface area contributed by atoms with Crippen LogP contribution in [0, 0.1) is 5.92 Å². The first-order valence-electron chi connectivity index (χ1n) is 7.23. The lowest BCUT2D eigenvalue weighted by atomic mass is 9.98. The van der Waals surface area contributed by atoms with E-state index in [-0.39, 0.29) is 12.1 Å². The van der Waals surface area contributed by atoms with Crippen molar-refractivity contribution in [3.05, 3.63) is 0 Å². The molecule has 0 unspecified atom stereocenters. The fourth-order valence-electron chi connectivity index (χ4n) is 2.74. The quantitative estimate of drug-likeness (QED) is 0.623. The highest BCUT2D eigenvalue weighted by atomic mass is 16.2. The van der Waals surface area contributed by atoms with Gasteiger partial charge < -0.3 is 16.0 Å². The molecule has 0 aromatic carbocycles. The number of imide groups is 1. The lowest BCUT2D eigenvalue weighted by molar-refractivity contribution is -0.116. The van der Waals surface area contributed by atoms with E-state index >= 15 is 0 Å². The number of piperidine rings is 2. The van der Waals surface area contributed by atoms with Gasteiger partial charge in [-0.25, -0.2) is 4.79 Å². The summed E-state index contributed by atoms with van der Waals surface area (Å²) in [4.78, 5) is 24.5. The number of hydrogen-bond acceptors (Lipinski definition) is 4. The molecule has 0 aromatic rings. The summed E-state index contributed by atoms with van der Waals surface area (Å²) in [6, 6.07) is -0.0374. The van der Waals surface area contributed by atoms with E-state index in [9.17, 15) is 9.59 Å². The summed E-state index contributed by atoms with van der Waals surface area (Å²) in [5, 5.41) is 9.50. The smallest absolute Gasteiger partial charge is 0.324 e. The predicted octanol–water partition coefficient (Wildman–Crippen LogP) is -0.0940. The Labute approximate surface area is 114 Å². The number of urea groups is 1. The molecule has 19 heavy (non-hydrogen) atoms. The van der Waals surface area contributed by atoms with Gasteiger partial charge in [-0.15, -0.1) is 0 Å². The average Bonchev–Trinajstić information content (AvgIpc) is 2.47. The Morgan fingerprint density at radius 2 is 1.68 bits per heavy atom. The van der Waals surface area contributed by atoms with Crippen LogP contribution in [0.25, 0.3) is 0 Å². The minimum atomic E-state index is -0.236. The minimum absolute atomic E-state index is 0.198. The first kappa shape index (κ1) is 14.3. The Kier molecular flexibility index (Phi) is 5.60. The lowest BCUT2D eigenvalue weighted by Gasteiger charge is -2.29. The number of hydrogen-bond donors (Lipinski definition) is 3. The fraction of sp³-hybridized carbons (Fsp3) is 0.846. The third-order valence-electron chi connectivity index (χ3n) is 3.97. The molecule has 0 atom stereocenters. The monoisotopic (exact) mass is 268 g/mol. The van der Waals surface area contributed by atoms with Gasteiger partial charge in [-0.05, 0) is 57.8 Å². The van der Waals surface area contributed by atoms with E-state index in [0.717, 1.165) is 51.9 Å². The van der Waals surface area contributed by atoms with Crippen LogP contribution in [-0.2, 0) is 4.79 Å². The van der Waals surface area contributed by atoms with Gasteiger partial charge in [0.25, 0.3) is 0 Å². The largest absolute Gasteiger partial charge is 0.335 e. The molecule has 2 aliphatic rings. The van der Waals surface area contributed by atoms with Gasteiger partial charge in [-0.2, -0.15) is 0 Å². The molecular formula is C13H24N4O2. The van der Waals surface area contributed by atoms with E-state index < -0.39 is 0 Å². The van der Waals surface area contributed by atoms with Crippen LogP contribution in [0.15, 0.2) is 0 Å². The fourth-order valence-corrected chi connectivity index (χ4v) is 2.74. The van der Waals surface area contributed by atoms with Gasteiger partial charge in [0.1, 0.15) is 0 Å². The normalized spacial score (nSPS) is 21.9. The molecule has 2 saturated heterocycles. The van der Waals surface area contributed by atoms with Gasteiger partial charge in [0.15, 0.2) is 0 Å². The van der Waals surface area contributed by atoms with Gasteiger partial charge in [-0.3, -0.25) is 9.69 Å². The van der Waals surface area contributed by atoms with Gasteiger partial charge in [-0.1, -0.05) is 0 Å².